The van der Waals surface area contributed by atoms with Gasteiger partial charge in [0, 0.05) is 18.4 Å². The fourth-order valence-corrected chi connectivity index (χ4v) is 3.80. The summed E-state index contributed by atoms with van der Waals surface area (Å²) in [5.41, 5.74) is 0.788. The molecule has 0 bridgehead atoms. The Morgan fingerprint density at radius 2 is 1.54 bits per heavy atom. The number of imide groups is 1. The van der Waals surface area contributed by atoms with E-state index < -0.39 is 10.0 Å². The highest BCUT2D eigenvalue weighted by atomic mass is 32.2. The number of sulfonamides is 1. The number of anilines is 2. The fourth-order valence-electron chi connectivity index (χ4n) is 2.72. The maximum absolute atomic E-state index is 12.6. The van der Waals surface area contributed by atoms with Gasteiger partial charge in [-0.3, -0.25) is 24.0 Å². The third-order valence-corrected chi connectivity index (χ3v) is 5.39. The van der Waals surface area contributed by atoms with Crippen molar-refractivity contribution in [1.82, 2.24) is 0 Å². The molecule has 1 saturated heterocycles. The highest BCUT2D eigenvalue weighted by molar-refractivity contribution is 7.92. The number of carbonyl (C=O) groups is 3. The van der Waals surface area contributed by atoms with E-state index in [-0.39, 0.29) is 46.6 Å². The summed E-state index contributed by atoms with van der Waals surface area (Å²) in [6.45, 7) is 1.35. The van der Waals surface area contributed by atoms with E-state index in [4.69, 9.17) is 0 Å². The second kappa shape index (κ2) is 6.72. The SMILES string of the molecule is CC(=O)c1ccccc1NS(=O)(=O)c1ccc(N2C(=O)CCC2=O)cc1. The zero-order valence-corrected chi connectivity index (χ0v) is 14.7. The maximum atomic E-state index is 12.6. The molecule has 1 heterocycles. The van der Waals surface area contributed by atoms with Crippen LogP contribution < -0.4 is 9.62 Å². The van der Waals surface area contributed by atoms with Gasteiger partial charge in [0.25, 0.3) is 10.0 Å². The largest absolute Gasteiger partial charge is 0.294 e. The van der Waals surface area contributed by atoms with Gasteiger partial charge in [0.1, 0.15) is 0 Å². The van der Waals surface area contributed by atoms with Crippen LogP contribution in [-0.4, -0.2) is 26.0 Å². The standard InChI is InChI=1S/C18H16N2O5S/c1-12(21)15-4-2-3-5-16(15)19-26(24,25)14-8-6-13(7-9-14)20-17(22)10-11-18(20)23/h2-9,19H,10-11H2,1H3. The molecule has 134 valence electrons. The molecule has 2 aromatic carbocycles. The van der Waals surface area contributed by atoms with E-state index in [0.717, 1.165) is 4.90 Å². The summed E-state index contributed by atoms with van der Waals surface area (Å²) in [7, 11) is -3.93. The smallest absolute Gasteiger partial charge is 0.261 e. The molecule has 1 aliphatic heterocycles. The van der Waals surface area contributed by atoms with Gasteiger partial charge in [-0.25, -0.2) is 8.42 Å². The van der Waals surface area contributed by atoms with Crippen LogP contribution >= 0.6 is 0 Å². The predicted octanol–water partition coefficient (Wildman–Crippen LogP) is 2.34. The number of para-hydroxylation sites is 1. The average molecular weight is 372 g/mol. The molecule has 0 spiro atoms. The third-order valence-electron chi connectivity index (χ3n) is 4.01. The van der Waals surface area contributed by atoms with Crippen molar-refractivity contribution in [2.45, 2.75) is 24.7 Å². The molecular weight excluding hydrogens is 356 g/mol. The van der Waals surface area contributed by atoms with Crippen LogP contribution in [0.15, 0.2) is 53.4 Å². The number of benzene rings is 2. The molecule has 7 nitrogen and oxygen atoms in total. The van der Waals surface area contributed by atoms with Gasteiger partial charge in [-0.2, -0.15) is 0 Å². The molecule has 0 saturated carbocycles. The molecule has 0 atom stereocenters. The molecule has 1 fully saturated rings. The monoisotopic (exact) mass is 372 g/mol. The van der Waals surface area contributed by atoms with E-state index in [9.17, 15) is 22.8 Å². The number of hydrogen-bond acceptors (Lipinski definition) is 5. The lowest BCUT2D eigenvalue weighted by atomic mass is 10.1. The lowest BCUT2D eigenvalue weighted by molar-refractivity contribution is -0.121. The lowest BCUT2D eigenvalue weighted by Crippen LogP contribution is -2.28. The van der Waals surface area contributed by atoms with Crippen LogP contribution in [0.4, 0.5) is 11.4 Å². The van der Waals surface area contributed by atoms with Gasteiger partial charge >= 0.3 is 0 Å². The molecule has 0 aliphatic carbocycles. The first-order valence-electron chi connectivity index (χ1n) is 7.88. The normalized spacial score (nSPS) is 14.6. The van der Waals surface area contributed by atoms with Crippen LogP contribution in [0.3, 0.4) is 0 Å². The van der Waals surface area contributed by atoms with Crippen molar-refractivity contribution in [2.24, 2.45) is 0 Å². The van der Waals surface area contributed by atoms with Crippen LogP contribution in [0.2, 0.25) is 0 Å². The average Bonchev–Trinajstić information content (AvgIpc) is 2.93. The number of amides is 2. The topological polar surface area (TPSA) is 101 Å². The second-order valence-electron chi connectivity index (χ2n) is 5.82. The Hall–Kier alpha value is -3.00. The zero-order chi connectivity index (χ0) is 18.9. The summed E-state index contributed by atoms with van der Waals surface area (Å²) in [6.07, 6.45) is 0.310. The van der Waals surface area contributed by atoms with Crippen molar-refractivity contribution in [3.8, 4) is 0 Å². The number of nitrogens with one attached hydrogen (secondary N) is 1. The predicted molar refractivity (Wildman–Crippen MR) is 95.4 cm³/mol. The van der Waals surface area contributed by atoms with Gasteiger partial charge < -0.3 is 0 Å². The Labute approximate surface area is 150 Å². The van der Waals surface area contributed by atoms with Crippen molar-refractivity contribution >= 4 is 39.0 Å². The van der Waals surface area contributed by atoms with Crippen molar-refractivity contribution in [2.75, 3.05) is 9.62 Å². The first-order valence-corrected chi connectivity index (χ1v) is 9.36. The molecule has 0 radical (unpaired) electrons. The molecular formula is C18H16N2O5S. The number of nitrogens with zero attached hydrogens (tertiary/aromatic N) is 1. The first kappa shape index (κ1) is 17.8. The summed E-state index contributed by atoms with van der Waals surface area (Å²) in [5, 5.41) is 0. The van der Waals surface area contributed by atoms with Crippen LogP contribution in [-0.2, 0) is 19.6 Å². The van der Waals surface area contributed by atoms with E-state index in [1.54, 1.807) is 12.1 Å². The van der Waals surface area contributed by atoms with E-state index in [2.05, 4.69) is 4.72 Å². The number of rotatable bonds is 5. The third kappa shape index (κ3) is 3.36. The fraction of sp³-hybridized carbons (Fsp3) is 0.167. The van der Waals surface area contributed by atoms with Crippen LogP contribution in [0, 0.1) is 0 Å². The number of hydrogen-bond donors (Lipinski definition) is 1. The van der Waals surface area contributed by atoms with E-state index in [1.807, 2.05) is 0 Å². The van der Waals surface area contributed by atoms with Gasteiger partial charge in [-0.15, -0.1) is 0 Å². The van der Waals surface area contributed by atoms with E-state index >= 15 is 0 Å². The summed E-state index contributed by atoms with van der Waals surface area (Å²) in [6, 6.07) is 11.8. The zero-order valence-electron chi connectivity index (χ0n) is 13.9. The van der Waals surface area contributed by atoms with Crippen LogP contribution in [0.25, 0.3) is 0 Å². The summed E-state index contributed by atoms with van der Waals surface area (Å²) < 4.78 is 27.5. The van der Waals surface area contributed by atoms with Gasteiger partial charge in [-0.1, -0.05) is 12.1 Å². The molecule has 26 heavy (non-hydrogen) atoms. The number of ketones is 1. The minimum Gasteiger partial charge on any atom is -0.294 e. The molecule has 8 heteroatoms. The summed E-state index contributed by atoms with van der Waals surface area (Å²) >= 11 is 0. The Bertz CT molecular complexity index is 980. The first-order chi connectivity index (χ1) is 12.3. The Kier molecular flexibility index (Phi) is 4.60. The summed E-state index contributed by atoms with van der Waals surface area (Å²) in [4.78, 5) is 36.1. The Balaban J connectivity index is 1.88. The Morgan fingerprint density at radius 3 is 2.12 bits per heavy atom. The Morgan fingerprint density at radius 1 is 0.962 bits per heavy atom. The van der Waals surface area contributed by atoms with E-state index in [1.165, 1.54) is 43.3 Å². The van der Waals surface area contributed by atoms with Crippen molar-refractivity contribution in [1.29, 1.82) is 0 Å². The van der Waals surface area contributed by atoms with Gasteiger partial charge in [0.05, 0.1) is 16.3 Å². The highest BCUT2D eigenvalue weighted by Gasteiger charge is 2.30. The quantitative estimate of drug-likeness (QED) is 0.641. The number of carbonyl (C=O) groups excluding carboxylic acids is 3. The van der Waals surface area contributed by atoms with Crippen LogP contribution in [0.1, 0.15) is 30.1 Å². The van der Waals surface area contributed by atoms with Crippen molar-refractivity contribution in [3.05, 3.63) is 54.1 Å². The number of Topliss-reactive ketones (excluding diaryl/α,β-unsaturated/α-hetero) is 1. The van der Waals surface area contributed by atoms with Crippen molar-refractivity contribution < 1.29 is 22.8 Å². The van der Waals surface area contributed by atoms with Crippen LogP contribution in [0.5, 0.6) is 0 Å². The van der Waals surface area contributed by atoms with Gasteiger partial charge in [0.2, 0.25) is 11.8 Å². The van der Waals surface area contributed by atoms with Gasteiger partial charge in [-0.05, 0) is 43.3 Å². The second-order valence-corrected chi connectivity index (χ2v) is 7.51. The molecule has 1 N–H and O–H groups in total. The molecule has 3 rings (SSSR count). The lowest BCUT2D eigenvalue weighted by Gasteiger charge is -2.15. The molecule has 1 aliphatic rings. The molecule has 0 aromatic heterocycles. The highest BCUT2D eigenvalue weighted by Crippen LogP contribution is 2.25. The van der Waals surface area contributed by atoms with E-state index in [0.29, 0.717) is 5.69 Å². The van der Waals surface area contributed by atoms with Gasteiger partial charge in [0.15, 0.2) is 5.78 Å². The van der Waals surface area contributed by atoms with Crippen molar-refractivity contribution in [3.63, 3.8) is 0 Å². The summed E-state index contributed by atoms with van der Waals surface area (Å²) in [5.74, 6) is -0.872. The molecule has 0 unspecified atom stereocenters. The molecule has 2 amide bonds. The maximum Gasteiger partial charge on any atom is 0.261 e. The minimum absolute atomic E-state index is 0.0429. The molecule has 2 aromatic rings. The minimum atomic E-state index is -3.93.